The van der Waals surface area contributed by atoms with Gasteiger partial charge in [0.2, 0.25) is 5.89 Å². The minimum absolute atomic E-state index is 0. The fraction of sp³-hybridized carbons (Fsp3) is 0.667. The Balaban J connectivity index is 0.00000338. The molecule has 4 N–H and O–H groups in total. The molecule has 2 rings (SSSR count). The highest BCUT2D eigenvalue weighted by atomic mass is 35.5. The fourth-order valence-corrected chi connectivity index (χ4v) is 3.22. The summed E-state index contributed by atoms with van der Waals surface area (Å²) in [5, 5.41) is 0. The number of nitrogens with two attached hydrogens (primary N) is 2. The van der Waals surface area contributed by atoms with Crippen LogP contribution in [0.4, 0.5) is 0 Å². The van der Waals surface area contributed by atoms with Crippen LogP contribution in [0.25, 0.3) is 11.1 Å². The molecule has 148 valence electrons. The van der Waals surface area contributed by atoms with E-state index in [2.05, 4.69) is 24.0 Å². The molecule has 0 amide bonds. The van der Waals surface area contributed by atoms with E-state index in [1.807, 2.05) is 6.07 Å². The van der Waals surface area contributed by atoms with Crippen LogP contribution in [0, 0.1) is 0 Å². The Morgan fingerprint density at radius 2 is 1.58 bits per heavy atom. The van der Waals surface area contributed by atoms with Crippen LogP contribution >= 0.6 is 12.4 Å². The third-order valence-corrected chi connectivity index (χ3v) is 4.86. The van der Waals surface area contributed by atoms with Crippen LogP contribution in [-0.4, -0.2) is 11.5 Å². The molecule has 1 aromatic carbocycles. The summed E-state index contributed by atoms with van der Waals surface area (Å²) >= 11 is 0. The number of hydrogen-bond acceptors (Lipinski definition) is 4. The summed E-state index contributed by atoms with van der Waals surface area (Å²) in [5.41, 5.74) is 14.5. The van der Waals surface area contributed by atoms with Gasteiger partial charge in [-0.15, -0.1) is 12.4 Å². The number of halogens is 1. The van der Waals surface area contributed by atoms with Gasteiger partial charge in [-0.05, 0) is 30.5 Å². The van der Waals surface area contributed by atoms with Crippen molar-refractivity contribution >= 4 is 23.5 Å². The van der Waals surface area contributed by atoms with Gasteiger partial charge in [-0.2, -0.15) is 0 Å². The molecule has 0 aliphatic rings. The van der Waals surface area contributed by atoms with Crippen LogP contribution in [0.15, 0.2) is 22.6 Å². The number of benzene rings is 1. The molecule has 0 saturated carbocycles. The first kappa shape index (κ1) is 22.9. The Morgan fingerprint density at radius 3 is 2.19 bits per heavy atom. The number of rotatable bonds is 13. The van der Waals surface area contributed by atoms with Crippen molar-refractivity contribution in [1.82, 2.24) is 4.98 Å². The Bertz CT molecular complexity index is 614. The molecule has 0 fully saturated rings. The smallest absolute Gasteiger partial charge is 0.213 e. The zero-order chi connectivity index (χ0) is 17.9. The second-order valence-corrected chi connectivity index (χ2v) is 7.13. The number of aryl methyl sites for hydroxylation is 1. The second-order valence-electron chi connectivity index (χ2n) is 7.13. The Morgan fingerprint density at radius 1 is 0.962 bits per heavy atom. The van der Waals surface area contributed by atoms with Crippen molar-refractivity contribution in [2.75, 3.05) is 6.54 Å². The summed E-state index contributed by atoms with van der Waals surface area (Å²) in [4.78, 5) is 4.47. The molecular formula is C21H36ClN3O. The summed E-state index contributed by atoms with van der Waals surface area (Å²) in [6, 6.07) is 5.94. The molecular weight excluding hydrogens is 346 g/mol. The van der Waals surface area contributed by atoms with E-state index in [9.17, 15) is 0 Å². The van der Waals surface area contributed by atoms with Crippen molar-refractivity contribution in [1.29, 1.82) is 0 Å². The number of unbranched alkanes of at least 4 members (excludes halogenated alkanes) is 9. The van der Waals surface area contributed by atoms with E-state index in [0.717, 1.165) is 17.5 Å². The summed E-state index contributed by atoms with van der Waals surface area (Å²) in [6.07, 6.45) is 14.8. The maximum atomic E-state index is 5.89. The van der Waals surface area contributed by atoms with Crippen LogP contribution in [0.1, 0.15) is 88.6 Å². The summed E-state index contributed by atoms with van der Waals surface area (Å²) < 4.78 is 5.66. The van der Waals surface area contributed by atoms with E-state index in [0.29, 0.717) is 12.4 Å². The van der Waals surface area contributed by atoms with Gasteiger partial charge in [0.1, 0.15) is 5.52 Å². The highest BCUT2D eigenvalue weighted by molar-refractivity contribution is 5.85. The predicted octanol–water partition coefficient (Wildman–Crippen LogP) is 5.67. The maximum absolute atomic E-state index is 5.89. The van der Waals surface area contributed by atoms with Gasteiger partial charge < -0.3 is 15.9 Å². The van der Waals surface area contributed by atoms with Crippen LogP contribution in [-0.2, 0) is 6.42 Å². The van der Waals surface area contributed by atoms with Gasteiger partial charge >= 0.3 is 0 Å². The van der Waals surface area contributed by atoms with Crippen LogP contribution in [0.3, 0.4) is 0 Å². The Labute approximate surface area is 164 Å². The highest BCUT2D eigenvalue weighted by Gasteiger charge is 2.12. The minimum atomic E-state index is -0.321. The predicted molar refractivity (Wildman–Crippen MR) is 113 cm³/mol. The Kier molecular flexibility index (Phi) is 11.6. The molecule has 0 aliphatic carbocycles. The highest BCUT2D eigenvalue weighted by Crippen LogP contribution is 2.21. The number of aromatic nitrogens is 1. The summed E-state index contributed by atoms with van der Waals surface area (Å²) in [5.74, 6) is 0.536. The molecule has 1 unspecified atom stereocenters. The van der Waals surface area contributed by atoms with Crippen molar-refractivity contribution in [3.05, 3.63) is 29.7 Å². The van der Waals surface area contributed by atoms with Gasteiger partial charge in [-0.25, -0.2) is 4.98 Å². The fourth-order valence-electron chi connectivity index (χ4n) is 3.22. The first-order valence-electron chi connectivity index (χ1n) is 10.1. The van der Waals surface area contributed by atoms with Crippen LogP contribution in [0.2, 0.25) is 0 Å². The van der Waals surface area contributed by atoms with Gasteiger partial charge in [0.05, 0.1) is 6.04 Å². The summed E-state index contributed by atoms with van der Waals surface area (Å²) in [6.45, 7) is 2.62. The first-order chi connectivity index (χ1) is 12.2. The second kappa shape index (κ2) is 13.1. The quantitative estimate of drug-likeness (QED) is 0.438. The lowest BCUT2D eigenvalue weighted by Crippen LogP contribution is -2.20. The third-order valence-electron chi connectivity index (χ3n) is 4.86. The number of fused-ring (bicyclic) bond motifs is 1. The van der Waals surface area contributed by atoms with Gasteiger partial charge in [-0.1, -0.05) is 70.8 Å². The lowest BCUT2D eigenvalue weighted by molar-refractivity contribution is 0.480. The van der Waals surface area contributed by atoms with E-state index in [1.165, 1.54) is 69.8 Å². The largest absolute Gasteiger partial charge is 0.439 e. The van der Waals surface area contributed by atoms with Crippen molar-refractivity contribution in [3.8, 4) is 0 Å². The van der Waals surface area contributed by atoms with Gasteiger partial charge in [0.15, 0.2) is 5.58 Å². The zero-order valence-corrected chi connectivity index (χ0v) is 17.0. The maximum Gasteiger partial charge on any atom is 0.213 e. The molecule has 0 spiro atoms. The van der Waals surface area contributed by atoms with Gasteiger partial charge in [-0.3, -0.25) is 0 Å². The molecule has 0 aliphatic heterocycles. The van der Waals surface area contributed by atoms with Crippen LogP contribution in [0.5, 0.6) is 0 Å². The summed E-state index contributed by atoms with van der Waals surface area (Å²) in [7, 11) is 0. The van der Waals surface area contributed by atoms with Crippen LogP contribution < -0.4 is 11.5 Å². The molecule has 26 heavy (non-hydrogen) atoms. The molecule has 0 radical (unpaired) electrons. The van der Waals surface area contributed by atoms with Gasteiger partial charge in [0.25, 0.3) is 0 Å². The number of hydrogen-bond donors (Lipinski definition) is 2. The molecule has 4 nitrogen and oxygen atoms in total. The number of oxazole rings is 1. The zero-order valence-electron chi connectivity index (χ0n) is 16.2. The average Bonchev–Trinajstić information content (AvgIpc) is 3.06. The number of nitrogens with zero attached hydrogens (tertiary/aromatic N) is 1. The van der Waals surface area contributed by atoms with E-state index >= 15 is 0 Å². The van der Waals surface area contributed by atoms with E-state index < -0.39 is 0 Å². The lowest BCUT2D eigenvalue weighted by atomic mass is 10.0. The normalized spacial score (nSPS) is 12.3. The monoisotopic (exact) mass is 381 g/mol. The standard InChI is InChI=1S/C21H35N3O.ClH/c1-2-3-4-5-6-7-8-9-10-11-12-17-13-14-20-19(15-17)24-21(25-20)18(23)16-22;/h13-15,18H,2-12,16,22-23H2,1H3;1H. The molecule has 1 aromatic heterocycles. The van der Waals surface area contributed by atoms with Crippen molar-refractivity contribution in [2.45, 2.75) is 83.6 Å². The van der Waals surface area contributed by atoms with E-state index in [-0.39, 0.29) is 18.4 Å². The van der Waals surface area contributed by atoms with Gasteiger partial charge in [0, 0.05) is 6.54 Å². The molecule has 0 saturated heterocycles. The SMILES string of the molecule is CCCCCCCCCCCCc1ccc2oc(C(N)CN)nc2c1.Cl. The molecule has 0 bridgehead atoms. The van der Waals surface area contributed by atoms with E-state index in [1.54, 1.807) is 0 Å². The topological polar surface area (TPSA) is 78.1 Å². The first-order valence-corrected chi connectivity index (χ1v) is 10.1. The molecule has 5 heteroatoms. The lowest BCUT2D eigenvalue weighted by Gasteiger charge is -2.03. The van der Waals surface area contributed by atoms with Crippen molar-refractivity contribution in [2.24, 2.45) is 11.5 Å². The molecule has 1 atom stereocenters. The average molecular weight is 382 g/mol. The third kappa shape index (κ3) is 7.65. The molecule has 2 aromatic rings. The van der Waals surface area contributed by atoms with Crippen molar-refractivity contribution in [3.63, 3.8) is 0 Å². The minimum Gasteiger partial charge on any atom is -0.439 e. The van der Waals surface area contributed by atoms with Crippen molar-refractivity contribution < 1.29 is 4.42 Å². The van der Waals surface area contributed by atoms with E-state index in [4.69, 9.17) is 15.9 Å². The molecule has 1 heterocycles. The Hall–Kier alpha value is -1.10.